The minimum atomic E-state index is -0.345. The number of rotatable bonds is 7. The number of nitrogens with one attached hydrogen (secondary N) is 1. The average Bonchev–Trinajstić information content (AvgIpc) is 3.07. The van der Waals surface area contributed by atoms with Gasteiger partial charge in [-0.2, -0.15) is 0 Å². The minimum Gasteiger partial charge on any atom is -0.496 e. The van der Waals surface area contributed by atoms with Crippen LogP contribution in [0.3, 0.4) is 0 Å². The summed E-state index contributed by atoms with van der Waals surface area (Å²) in [6.45, 7) is 1.23. The van der Waals surface area contributed by atoms with E-state index in [1.165, 1.54) is 0 Å². The summed E-state index contributed by atoms with van der Waals surface area (Å²) in [5.74, 6) is 1.00. The largest absolute Gasteiger partial charge is 0.496 e. The van der Waals surface area contributed by atoms with Gasteiger partial charge in [-0.15, -0.1) is 0 Å². The van der Waals surface area contributed by atoms with Crippen molar-refractivity contribution in [1.82, 2.24) is 10.2 Å². The fraction of sp³-hybridized carbons (Fsp3) is 0.333. The van der Waals surface area contributed by atoms with Crippen molar-refractivity contribution in [3.63, 3.8) is 0 Å². The van der Waals surface area contributed by atoms with Gasteiger partial charge in [0.1, 0.15) is 11.5 Å². The van der Waals surface area contributed by atoms with Gasteiger partial charge in [0.25, 0.3) is 0 Å². The Morgan fingerprint density at radius 2 is 1.63 bits per heavy atom. The summed E-state index contributed by atoms with van der Waals surface area (Å²) < 4.78 is 10.6. The molecule has 27 heavy (non-hydrogen) atoms. The summed E-state index contributed by atoms with van der Waals surface area (Å²) in [4.78, 5) is 26.6. The smallest absolute Gasteiger partial charge is 0.225 e. The number of hydrogen-bond donors (Lipinski definition) is 1. The highest BCUT2D eigenvalue weighted by atomic mass is 16.5. The summed E-state index contributed by atoms with van der Waals surface area (Å²) in [6, 6.07) is 15.2. The Hall–Kier alpha value is -3.02. The highest BCUT2D eigenvalue weighted by molar-refractivity contribution is 5.89. The van der Waals surface area contributed by atoms with Crippen LogP contribution in [0, 0.1) is 5.92 Å². The van der Waals surface area contributed by atoms with Crippen molar-refractivity contribution in [2.24, 2.45) is 5.92 Å². The molecule has 1 fully saturated rings. The van der Waals surface area contributed by atoms with Crippen LogP contribution in [0.25, 0.3) is 0 Å². The van der Waals surface area contributed by atoms with Crippen LogP contribution < -0.4 is 14.8 Å². The number of para-hydroxylation sites is 2. The molecule has 6 nitrogen and oxygen atoms in total. The molecular weight excluding hydrogens is 344 g/mol. The standard InChI is InChI=1S/C21H24N2O4/c1-26-18-9-5-3-7-15(18)12-22-21(25)17-11-20(24)23(14-17)13-16-8-4-6-10-19(16)27-2/h3-10,17H,11-14H2,1-2H3,(H,22,25). The molecule has 1 unspecified atom stereocenters. The van der Waals surface area contributed by atoms with Crippen LogP contribution in [0.15, 0.2) is 48.5 Å². The molecule has 0 bridgehead atoms. The molecule has 0 aromatic heterocycles. The van der Waals surface area contributed by atoms with E-state index in [9.17, 15) is 9.59 Å². The van der Waals surface area contributed by atoms with Gasteiger partial charge in [-0.05, 0) is 12.1 Å². The van der Waals surface area contributed by atoms with Crippen molar-refractivity contribution in [2.75, 3.05) is 20.8 Å². The molecule has 1 N–H and O–H groups in total. The van der Waals surface area contributed by atoms with Gasteiger partial charge in [-0.3, -0.25) is 9.59 Å². The summed E-state index contributed by atoms with van der Waals surface area (Å²) in [7, 11) is 3.21. The minimum absolute atomic E-state index is 0.0154. The SMILES string of the molecule is COc1ccccc1CNC(=O)C1CC(=O)N(Cc2ccccc2OC)C1. The van der Waals surface area contributed by atoms with E-state index in [2.05, 4.69) is 5.32 Å². The quantitative estimate of drug-likeness (QED) is 0.815. The Kier molecular flexibility index (Phi) is 5.96. The second-order valence-electron chi connectivity index (χ2n) is 6.52. The van der Waals surface area contributed by atoms with Crippen molar-refractivity contribution < 1.29 is 19.1 Å². The topological polar surface area (TPSA) is 67.9 Å². The molecule has 142 valence electrons. The van der Waals surface area contributed by atoms with Crippen LogP contribution >= 0.6 is 0 Å². The van der Waals surface area contributed by atoms with Gasteiger partial charge in [0.2, 0.25) is 11.8 Å². The molecule has 1 saturated heterocycles. The molecule has 1 aliphatic heterocycles. The number of benzene rings is 2. The molecule has 1 heterocycles. The van der Waals surface area contributed by atoms with Crippen LogP contribution in [0.4, 0.5) is 0 Å². The van der Waals surface area contributed by atoms with Crippen LogP contribution in [0.5, 0.6) is 11.5 Å². The third kappa shape index (κ3) is 4.39. The van der Waals surface area contributed by atoms with E-state index in [4.69, 9.17) is 9.47 Å². The molecule has 3 rings (SSSR count). The zero-order valence-corrected chi connectivity index (χ0v) is 15.6. The van der Waals surface area contributed by atoms with Crippen molar-refractivity contribution in [3.05, 3.63) is 59.7 Å². The number of carbonyl (C=O) groups is 2. The molecule has 1 atom stereocenters. The maximum absolute atomic E-state index is 12.5. The lowest BCUT2D eigenvalue weighted by molar-refractivity contribution is -0.129. The number of ether oxygens (including phenoxy) is 2. The van der Waals surface area contributed by atoms with Gasteiger partial charge in [0.15, 0.2) is 0 Å². The molecular formula is C21H24N2O4. The molecule has 2 aromatic carbocycles. The van der Waals surface area contributed by atoms with E-state index in [0.29, 0.717) is 19.6 Å². The molecule has 1 aliphatic rings. The zero-order chi connectivity index (χ0) is 19.2. The van der Waals surface area contributed by atoms with E-state index >= 15 is 0 Å². The van der Waals surface area contributed by atoms with Gasteiger partial charge in [0, 0.05) is 37.2 Å². The lowest BCUT2D eigenvalue weighted by Gasteiger charge is -2.18. The maximum Gasteiger partial charge on any atom is 0.225 e. The number of methoxy groups -OCH3 is 2. The summed E-state index contributed by atoms with van der Waals surface area (Å²) in [6.07, 6.45) is 0.229. The molecule has 0 saturated carbocycles. The van der Waals surface area contributed by atoms with E-state index in [-0.39, 0.29) is 24.2 Å². The number of carbonyl (C=O) groups excluding carboxylic acids is 2. The van der Waals surface area contributed by atoms with Crippen LogP contribution in [-0.2, 0) is 22.7 Å². The summed E-state index contributed by atoms with van der Waals surface area (Å²) >= 11 is 0. The van der Waals surface area contributed by atoms with Crippen LogP contribution in [0.1, 0.15) is 17.5 Å². The second kappa shape index (κ2) is 8.58. The molecule has 0 spiro atoms. The first-order valence-electron chi connectivity index (χ1n) is 8.91. The third-order valence-corrected chi connectivity index (χ3v) is 4.78. The lowest BCUT2D eigenvalue weighted by Crippen LogP contribution is -2.32. The third-order valence-electron chi connectivity index (χ3n) is 4.78. The fourth-order valence-electron chi connectivity index (χ4n) is 3.32. The van der Waals surface area contributed by atoms with E-state index in [0.717, 1.165) is 22.6 Å². The Morgan fingerprint density at radius 3 is 2.30 bits per heavy atom. The highest BCUT2D eigenvalue weighted by Gasteiger charge is 2.34. The van der Waals surface area contributed by atoms with Gasteiger partial charge in [-0.25, -0.2) is 0 Å². The molecule has 2 amide bonds. The van der Waals surface area contributed by atoms with Gasteiger partial charge in [0.05, 0.1) is 20.1 Å². The van der Waals surface area contributed by atoms with Crippen molar-refractivity contribution in [1.29, 1.82) is 0 Å². The number of hydrogen-bond acceptors (Lipinski definition) is 4. The Bertz CT molecular complexity index is 821. The number of likely N-dealkylation sites (tertiary alicyclic amines) is 1. The normalized spacial score (nSPS) is 16.3. The Labute approximate surface area is 159 Å². The van der Waals surface area contributed by atoms with Crippen LogP contribution in [0.2, 0.25) is 0 Å². The fourth-order valence-corrected chi connectivity index (χ4v) is 3.32. The highest BCUT2D eigenvalue weighted by Crippen LogP contribution is 2.25. The zero-order valence-electron chi connectivity index (χ0n) is 15.6. The number of nitrogens with zero attached hydrogens (tertiary/aromatic N) is 1. The Balaban J connectivity index is 1.59. The maximum atomic E-state index is 12.5. The first-order valence-corrected chi connectivity index (χ1v) is 8.91. The predicted molar refractivity (Wildman–Crippen MR) is 101 cm³/mol. The average molecular weight is 368 g/mol. The molecule has 0 aliphatic carbocycles. The van der Waals surface area contributed by atoms with Crippen molar-refractivity contribution in [3.8, 4) is 11.5 Å². The first kappa shape index (κ1) is 18.8. The van der Waals surface area contributed by atoms with Crippen molar-refractivity contribution in [2.45, 2.75) is 19.5 Å². The van der Waals surface area contributed by atoms with Gasteiger partial charge < -0.3 is 19.7 Å². The Morgan fingerprint density at radius 1 is 1.04 bits per heavy atom. The number of amides is 2. The predicted octanol–water partition coefficient (Wildman–Crippen LogP) is 2.37. The van der Waals surface area contributed by atoms with Crippen molar-refractivity contribution >= 4 is 11.8 Å². The lowest BCUT2D eigenvalue weighted by atomic mass is 10.1. The first-order chi connectivity index (χ1) is 13.1. The summed E-state index contributed by atoms with van der Waals surface area (Å²) in [5.41, 5.74) is 1.84. The second-order valence-corrected chi connectivity index (χ2v) is 6.52. The van der Waals surface area contributed by atoms with Gasteiger partial charge in [-0.1, -0.05) is 36.4 Å². The monoisotopic (exact) mass is 368 g/mol. The van der Waals surface area contributed by atoms with Crippen LogP contribution in [-0.4, -0.2) is 37.5 Å². The van der Waals surface area contributed by atoms with E-state index in [1.54, 1.807) is 19.1 Å². The molecule has 6 heteroatoms. The summed E-state index contributed by atoms with van der Waals surface area (Å²) in [5, 5.41) is 2.92. The molecule has 0 radical (unpaired) electrons. The van der Waals surface area contributed by atoms with E-state index < -0.39 is 0 Å². The molecule has 2 aromatic rings. The van der Waals surface area contributed by atoms with Gasteiger partial charge >= 0.3 is 0 Å². The van der Waals surface area contributed by atoms with E-state index in [1.807, 2.05) is 48.5 Å².